The van der Waals surface area contributed by atoms with Gasteiger partial charge in [0.25, 0.3) is 5.91 Å². The van der Waals surface area contributed by atoms with Crippen LogP contribution in [0, 0.1) is 0 Å². The third-order valence-corrected chi connectivity index (χ3v) is 10.1. The largest absolute Gasteiger partial charge is 0.394 e. The summed E-state index contributed by atoms with van der Waals surface area (Å²) >= 11 is 0. The van der Waals surface area contributed by atoms with E-state index in [1.165, 1.54) is 6.20 Å². The molecule has 0 spiro atoms. The van der Waals surface area contributed by atoms with Gasteiger partial charge in [-0.15, -0.1) is 0 Å². The van der Waals surface area contributed by atoms with Crippen LogP contribution in [0.4, 0.5) is 0 Å². The monoisotopic (exact) mass is 699 g/mol. The van der Waals surface area contributed by atoms with Crippen LogP contribution >= 0.6 is 21.6 Å². The maximum absolute atomic E-state index is 12.8. The second-order valence-corrected chi connectivity index (χ2v) is 14.5. The molecule has 0 fully saturated rings. The number of aromatic nitrogens is 1. The highest BCUT2D eigenvalue weighted by Gasteiger charge is 2.32. The summed E-state index contributed by atoms with van der Waals surface area (Å²) in [5.41, 5.74) is 0.443. The number of nitrogens with one attached hydrogen (secondary N) is 2. The number of pyridine rings is 1. The highest BCUT2D eigenvalue weighted by molar-refractivity contribution is 8.77. The first-order chi connectivity index (χ1) is 23.3. The van der Waals surface area contributed by atoms with E-state index in [9.17, 15) is 14.7 Å². The summed E-state index contributed by atoms with van der Waals surface area (Å²) < 4.78 is 5.17. The number of amides is 2. The minimum atomic E-state index is -0.979. The van der Waals surface area contributed by atoms with Crippen LogP contribution in [-0.2, 0) is 9.53 Å². The number of rotatable bonds is 27. The first-order valence-corrected chi connectivity index (χ1v) is 19.2. The third-order valence-electron chi connectivity index (χ3n) is 6.79. The highest BCUT2D eigenvalue weighted by atomic mass is 33.1. The van der Waals surface area contributed by atoms with Crippen LogP contribution < -0.4 is 10.6 Å². The number of nitrogens with zero attached hydrogens (tertiary/aromatic N) is 1. The first kappa shape index (κ1) is 43.1. The minimum Gasteiger partial charge on any atom is -0.394 e. The number of carbonyl (C=O) groups is 2. The lowest BCUT2D eigenvalue weighted by Crippen LogP contribution is -2.50. The van der Waals surface area contributed by atoms with Gasteiger partial charge >= 0.3 is 0 Å². The Kier molecular flexibility index (Phi) is 26.1. The van der Waals surface area contributed by atoms with E-state index in [0.717, 1.165) is 38.5 Å². The molecule has 0 aliphatic heterocycles. The van der Waals surface area contributed by atoms with Gasteiger partial charge in [0.2, 0.25) is 5.91 Å². The summed E-state index contributed by atoms with van der Waals surface area (Å²) in [5, 5.41) is 24.7. The van der Waals surface area contributed by atoms with E-state index in [4.69, 9.17) is 9.84 Å². The van der Waals surface area contributed by atoms with Crippen molar-refractivity contribution in [1.29, 1.82) is 0 Å². The lowest BCUT2D eigenvalue weighted by atomic mass is 10.0. The fourth-order valence-corrected chi connectivity index (χ4v) is 6.53. The standard InChI is InChI=1S/C38H57N3O5S2/c1-4-5-6-7-8-9-10-11-12-13-14-15-16-17-18-19-20-21-22-25-36(44)40-27-28-47-48-38(2,3)35(32-46-31-34(43)30-42)41-37(45)33-24-23-26-39-29-33/h5-6,8-9,11-12,14-15,17-18,20-21,23-24,26,29,34-35,42-43H,4,7,10,13,16,19,22,25,27-28,30-32H2,1-3H3,(H,40,44)(H,41,45)/b6-5-,9-8-,12-11-,15-14-,18-17-,21-20-/t34-,35+/m1/s1. The number of carbonyl (C=O) groups excluding carboxylic acids is 2. The molecule has 4 N–H and O–H groups in total. The van der Waals surface area contributed by atoms with Crippen molar-refractivity contribution in [3.63, 3.8) is 0 Å². The second-order valence-electron chi connectivity index (χ2n) is 11.5. The highest BCUT2D eigenvalue weighted by Crippen LogP contribution is 2.38. The fraction of sp³-hybridized carbons (Fsp3) is 0.500. The third kappa shape index (κ3) is 23.4. The summed E-state index contributed by atoms with van der Waals surface area (Å²) in [4.78, 5) is 29.1. The van der Waals surface area contributed by atoms with Crippen LogP contribution in [0.15, 0.2) is 97.4 Å². The van der Waals surface area contributed by atoms with Crippen molar-refractivity contribution in [1.82, 2.24) is 15.6 Å². The quantitative estimate of drug-likeness (QED) is 0.0429. The predicted octanol–water partition coefficient (Wildman–Crippen LogP) is 7.30. The van der Waals surface area contributed by atoms with Gasteiger partial charge in [-0.3, -0.25) is 14.6 Å². The Morgan fingerprint density at radius 2 is 1.50 bits per heavy atom. The molecule has 0 saturated carbocycles. The maximum Gasteiger partial charge on any atom is 0.253 e. The van der Waals surface area contributed by atoms with Gasteiger partial charge in [-0.25, -0.2) is 0 Å². The molecule has 266 valence electrons. The zero-order valence-electron chi connectivity index (χ0n) is 29.0. The molecule has 10 heteroatoms. The summed E-state index contributed by atoms with van der Waals surface area (Å²) in [7, 11) is 3.21. The van der Waals surface area contributed by atoms with Crippen LogP contribution in [0.2, 0.25) is 0 Å². The minimum absolute atomic E-state index is 0.0249. The van der Waals surface area contributed by atoms with E-state index in [-0.39, 0.29) is 31.1 Å². The lowest BCUT2D eigenvalue weighted by Gasteiger charge is -2.34. The number of aliphatic hydroxyl groups excluding tert-OH is 2. The summed E-state index contributed by atoms with van der Waals surface area (Å²) in [6.45, 7) is 6.44. The molecule has 0 aliphatic rings. The van der Waals surface area contributed by atoms with Gasteiger partial charge in [0.15, 0.2) is 0 Å². The molecular weight excluding hydrogens is 643 g/mol. The Balaban J connectivity index is 2.23. The van der Waals surface area contributed by atoms with Crippen molar-refractivity contribution >= 4 is 33.4 Å². The van der Waals surface area contributed by atoms with Gasteiger partial charge in [0.05, 0.1) is 31.4 Å². The molecule has 2 atom stereocenters. The Hall–Kier alpha value is -2.89. The lowest BCUT2D eigenvalue weighted by molar-refractivity contribution is -0.120. The molecule has 1 aromatic rings. The zero-order chi connectivity index (χ0) is 35.1. The number of allylic oxidation sites excluding steroid dienone is 12. The van der Waals surface area contributed by atoms with Crippen molar-refractivity contribution in [2.45, 2.75) is 89.0 Å². The van der Waals surface area contributed by atoms with E-state index in [2.05, 4.69) is 89.4 Å². The Labute approximate surface area is 296 Å². The van der Waals surface area contributed by atoms with Crippen molar-refractivity contribution < 1.29 is 24.5 Å². The fourth-order valence-electron chi connectivity index (χ4n) is 3.96. The molecule has 0 radical (unpaired) electrons. The molecule has 2 amide bonds. The Morgan fingerprint density at radius 3 is 2.04 bits per heavy atom. The van der Waals surface area contributed by atoms with Crippen LogP contribution in [0.3, 0.4) is 0 Å². The van der Waals surface area contributed by atoms with Crippen LogP contribution in [0.5, 0.6) is 0 Å². The molecule has 1 rings (SSSR count). The van der Waals surface area contributed by atoms with Gasteiger partial charge in [-0.2, -0.15) is 0 Å². The van der Waals surface area contributed by atoms with E-state index >= 15 is 0 Å². The number of aliphatic hydroxyl groups is 2. The van der Waals surface area contributed by atoms with Crippen molar-refractivity contribution in [2.75, 3.05) is 32.1 Å². The molecule has 0 aliphatic carbocycles. The van der Waals surface area contributed by atoms with E-state index in [1.807, 2.05) is 19.9 Å². The van der Waals surface area contributed by atoms with Gasteiger partial charge in [0.1, 0.15) is 6.10 Å². The molecule has 0 aromatic carbocycles. The Bertz CT molecular complexity index is 1170. The predicted molar refractivity (Wildman–Crippen MR) is 204 cm³/mol. The molecule has 1 heterocycles. The van der Waals surface area contributed by atoms with E-state index < -0.39 is 17.5 Å². The zero-order valence-corrected chi connectivity index (χ0v) is 30.6. The average molecular weight is 700 g/mol. The van der Waals surface area contributed by atoms with Crippen LogP contribution in [0.25, 0.3) is 0 Å². The molecule has 48 heavy (non-hydrogen) atoms. The molecule has 1 aromatic heterocycles. The molecular formula is C38H57N3O5S2. The van der Waals surface area contributed by atoms with Gasteiger partial charge in [0, 0.05) is 35.9 Å². The normalized spacial score (nSPS) is 13.9. The number of hydrogen-bond donors (Lipinski definition) is 4. The van der Waals surface area contributed by atoms with Gasteiger partial charge in [-0.05, 0) is 70.9 Å². The van der Waals surface area contributed by atoms with Gasteiger partial charge in [-0.1, -0.05) is 101 Å². The van der Waals surface area contributed by atoms with E-state index in [0.29, 0.717) is 30.7 Å². The molecule has 8 nitrogen and oxygen atoms in total. The number of hydrogen-bond acceptors (Lipinski definition) is 8. The summed E-state index contributed by atoms with van der Waals surface area (Å²) in [5.74, 6) is 0.460. The van der Waals surface area contributed by atoms with Crippen molar-refractivity contribution in [3.8, 4) is 0 Å². The second kappa shape index (κ2) is 29.1. The Morgan fingerprint density at radius 1 is 0.917 bits per heavy atom. The molecule has 0 saturated heterocycles. The van der Waals surface area contributed by atoms with Crippen molar-refractivity contribution in [2.24, 2.45) is 0 Å². The number of ether oxygens (including phenoxy) is 1. The smallest absolute Gasteiger partial charge is 0.253 e. The summed E-state index contributed by atoms with van der Waals surface area (Å²) in [6.07, 6.45) is 35.1. The molecule has 0 bridgehead atoms. The first-order valence-electron chi connectivity index (χ1n) is 16.8. The maximum atomic E-state index is 12.8. The SMILES string of the molecule is CC/C=C\C/C=C\C/C=C\C/C=C\C/C=C\C/C=C\CCC(=O)NCCSSC(C)(C)[C@H](COC[C@H](O)CO)NC(=O)c1cccnc1. The topological polar surface area (TPSA) is 121 Å². The molecule has 0 unspecified atom stereocenters. The van der Waals surface area contributed by atoms with Crippen LogP contribution in [0.1, 0.15) is 82.5 Å². The van der Waals surface area contributed by atoms with Crippen molar-refractivity contribution in [3.05, 3.63) is 103 Å². The van der Waals surface area contributed by atoms with Gasteiger partial charge < -0.3 is 25.6 Å². The van der Waals surface area contributed by atoms with Crippen LogP contribution in [-0.4, -0.2) is 76.0 Å². The summed E-state index contributed by atoms with van der Waals surface area (Å²) in [6, 6.07) is 3.01. The van der Waals surface area contributed by atoms with E-state index in [1.54, 1.807) is 39.9 Å². The average Bonchev–Trinajstić information content (AvgIpc) is 3.08.